The molecule has 2 aliphatic heterocycles. The first kappa shape index (κ1) is 18.5. The summed E-state index contributed by atoms with van der Waals surface area (Å²) in [5, 5.41) is 19.4. The van der Waals surface area contributed by atoms with Crippen molar-refractivity contribution in [3.63, 3.8) is 0 Å². The second-order valence-corrected chi connectivity index (χ2v) is 7.68. The van der Waals surface area contributed by atoms with Gasteiger partial charge >= 0.3 is 0 Å². The SMILES string of the molecule is CC(=O)c1ccc(CN2C[C@@H](CN3CCC(O)CC3)[C@@H](CO)C2)cc1. The fourth-order valence-electron chi connectivity index (χ4n) is 4.12. The predicted octanol–water partition coefficient (Wildman–Crippen LogP) is 1.39. The van der Waals surface area contributed by atoms with Crippen molar-refractivity contribution < 1.29 is 15.0 Å². The number of piperidine rings is 1. The van der Waals surface area contributed by atoms with E-state index in [-0.39, 0.29) is 18.5 Å². The van der Waals surface area contributed by atoms with Crippen molar-refractivity contribution in [1.29, 1.82) is 0 Å². The molecule has 0 unspecified atom stereocenters. The van der Waals surface area contributed by atoms with Crippen molar-refractivity contribution in [2.45, 2.75) is 32.4 Å². The van der Waals surface area contributed by atoms with E-state index < -0.39 is 0 Å². The van der Waals surface area contributed by atoms with Crippen molar-refractivity contribution in [2.24, 2.45) is 11.8 Å². The lowest BCUT2D eigenvalue weighted by atomic mass is 9.95. The minimum absolute atomic E-state index is 0.0970. The fourth-order valence-corrected chi connectivity index (χ4v) is 4.12. The lowest BCUT2D eigenvalue weighted by Crippen LogP contribution is -2.40. The fraction of sp³-hybridized carbons (Fsp3) is 0.650. The minimum Gasteiger partial charge on any atom is -0.396 e. The molecule has 2 aliphatic rings. The molecule has 2 fully saturated rings. The summed E-state index contributed by atoms with van der Waals surface area (Å²) >= 11 is 0. The third-order valence-electron chi connectivity index (χ3n) is 5.70. The first-order valence-electron chi connectivity index (χ1n) is 9.38. The van der Waals surface area contributed by atoms with E-state index in [9.17, 15) is 15.0 Å². The lowest BCUT2D eigenvalue weighted by Gasteiger charge is -2.32. The number of aliphatic hydroxyl groups excluding tert-OH is 2. The predicted molar refractivity (Wildman–Crippen MR) is 97.5 cm³/mol. The zero-order valence-corrected chi connectivity index (χ0v) is 15.1. The van der Waals surface area contributed by atoms with Gasteiger partial charge in [-0.2, -0.15) is 0 Å². The van der Waals surface area contributed by atoms with Crippen molar-refractivity contribution >= 4 is 5.78 Å². The Morgan fingerprint density at radius 3 is 2.32 bits per heavy atom. The Morgan fingerprint density at radius 2 is 1.72 bits per heavy atom. The van der Waals surface area contributed by atoms with Gasteiger partial charge in [-0.05, 0) is 37.2 Å². The smallest absolute Gasteiger partial charge is 0.159 e. The molecule has 2 saturated heterocycles. The van der Waals surface area contributed by atoms with Crippen LogP contribution in [0.2, 0.25) is 0 Å². The number of ketones is 1. The lowest BCUT2D eigenvalue weighted by molar-refractivity contribution is 0.0684. The number of carbonyl (C=O) groups excluding carboxylic acids is 1. The Labute approximate surface area is 150 Å². The van der Waals surface area contributed by atoms with Crippen molar-refractivity contribution in [1.82, 2.24) is 9.80 Å². The third-order valence-corrected chi connectivity index (χ3v) is 5.70. The Bertz CT molecular complexity index is 567. The average Bonchev–Trinajstić information content (AvgIpc) is 2.99. The summed E-state index contributed by atoms with van der Waals surface area (Å²) in [7, 11) is 0. The average molecular weight is 346 g/mol. The van der Waals surface area contributed by atoms with Crippen LogP contribution in [-0.4, -0.2) is 71.2 Å². The highest BCUT2D eigenvalue weighted by Crippen LogP contribution is 2.26. The summed E-state index contributed by atoms with van der Waals surface area (Å²) in [6.45, 7) is 7.55. The number of aliphatic hydroxyl groups is 2. The maximum Gasteiger partial charge on any atom is 0.159 e. The summed E-state index contributed by atoms with van der Waals surface area (Å²) in [5.41, 5.74) is 1.96. The zero-order chi connectivity index (χ0) is 17.8. The summed E-state index contributed by atoms with van der Waals surface area (Å²) < 4.78 is 0. The molecule has 2 atom stereocenters. The van der Waals surface area contributed by atoms with Gasteiger partial charge in [0.1, 0.15) is 0 Å². The summed E-state index contributed by atoms with van der Waals surface area (Å²) in [4.78, 5) is 16.2. The minimum atomic E-state index is -0.136. The summed E-state index contributed by atoms with van der Waals surface area (Å²) in [6, 6.07) is 7.86. The Kier molecular flexibility index (Phi) is 6.23. The second-order valence-electron chi connectivity index (χ2n) is 7.68. The molecule has 1 aromatic rings. The standard InChI is InChI=1S/C20H30N2O3/c1-15(24)17-4-2-16(3-5-17)10-22-12-18(19(13-22)14-23)11-21-8-6-20(25)7-9-21/h2-5,18-20,23,25H,6-14H2,1H3/t18-,19-/m1/s1. The van der Waals surface area contributed by atoms with E-state index in [4.69, 9.17) is 0 Å². The third kappa shape index (κ3) is 4.88. The van der Waals surface area contributed by atoms with Gasteiger partial charge in [0.2, 0.25) is 0 Å². The Morgan fingerprint density at radius 1 is 1.08 bits per heavy atom. The van der Waals surface area contributed by atoms with E-state index in [2.05, 4.69) is 9.80 Å². The van der Waals surface area contributed by atoms with Gasteiger partial charge in [0.15, 0.2) is 5.78 Å². The van der Waals surface area contributed by atoms with E-state index in [0.717, 1.165) is 57.7 Å². The van der Waals surface area contributed by atoms with Gasteiger partial charge in [-0.1, -0.05) is 24.3 Å². The van der Waals surface area contributed by atoms with Crippen molar-refractivity contribution in [3.8, 4) is 0 Å². The number of Topliss-reactive ketones (excluding diaryl/α,β-unsaturated/α-hetero) is 1. The van der Waals surface area contributed by atoms with E-state index in [0.29, 0.717) is 11.8 Å². The van der Waals surface area contributed by atoms with Gasteiger partial charge in [0.25, 0.3) is 0 Å². The van der Waals surface area contributed by atoms with Crippen LogP contribution in [0.4, 0.5) is 0 Å². The number of hydrogen-bond acceptors (Lipinski definition) is 5. The van der Waals surface area contributed by atoms with Crippen LogP contribution in [0, 0.1) is 11.8 Å². The van der Waals surface area contributed by atoms with Crippen LogP contribution in [0.25, 0.3) is 0 Å². The molecule has 25 heavy (non-hydrogen) atoms. The van der Waals surface area contributed by atoms with Crippen LogP contribution in [0.15, 0.2) is 24.3 Å². The maximum atomic E-state index is 11.4. The molecular formula is C20H30N2O3. The largest absolute Gasteiger partial charge is 0.396 e. The van der Waals surface area contributed by atoms with E-state index >= 15 is 0 Å². The number of benzene rings is 1. The molecule has 138 valence electrons. The molecule has 2 heterocycles. The number of likely N-dealkylation sites (tertiary alicyclic amines) is 2. The van der Waals surface area contributed by atoms with Crippen LogP contribution >= 0.6 is 0 Å². The first-order valence-corrected chi connectivity index (χ1v) is 9.38. The zero-order valence-electron chi connectivity index (χ0n) is 15.1. The normalized spacial score (nSPS) is 26.2. The highest BCUT2D eigenvalue weighted by atomic mass is 16.3. The monoisotopic (exact) mass is 346 g/mol. The van der Waals surface area contributed by atoms with E-state index in [1.165, 1.54) is 5.56 Å². The van der Waals surface area contributed by atoms with Gasteiger partial charge in [-0.15, -0.1) is 0 Å². The molecule has 0 radical (unpaired) electrons. The quantitative estimate of drug-likeness (QED) is 0.762. The number of nitrogens with zero attached hydrogens (tertiary/aromatic N) is 2. The van der Waals surface area contributed by atoms with Gasteiger partial charge < -0.3 is 15.1 Å². The molecular weight excluding hydrogens is 316 g/mol. The van der Waals surface area contributed by atoms with E-state index in [1.807, 2.05) is 24.3 Å². The maximum absolute atomic E-state index is 11.4. The van der Waals surface area contributed by atoms with Gasteiger partial charge in [0, 0.05) is 51.4 Å². The Balaban J connectivity index is 1.54. The molecule has 3 rings (SSSR count). The van der Waals surface area contributed by atoms with Crippen LogP contribution in [0.5, 0.6) is 0 Å². The molecule has 0 aromatic heterocycles. The van der Waals surface area contributed by atoms with Crippen LogP contribution < -0.4 is 0 Å². The molecule has 2 N–H and O–H groups in total. The van der Waals surface area contributed by atoms with Gasteiger partial charge in [0.05, 0.1) is 6.10 Å². The van der Waals surface area contributed by atoms with Crippen LogP contribution in [0.3, 0.4) is 0 Å². The highest BCUT2D eigenvalue weighted by molar-refractivity contribution is 5.93. The number of carbonyl (C=O) groups is 1. The highest BCUT2D eigenvalue weighted by Gasteiger charge is 2.34. The van der Waals surface area contributed by atoms with E-state index in [1.54, 1.807) is 6.92 Å². The van der Waals surface area contributed by atoms with Crippen molar-refractivity contribution in [3.05, 3.63) is 35.4 Å². The molecule has 5 heteroatoms. The molecule has 0 bridgehead atoms. The van der Waals surface area contributed by atoms with Crippen molar-refractivity contribution in [2.75, 3.05) is 39.3 Å². The second kappa shape index (κ2) is 8.41. The molecule has 1 aromatic carbocycles. The molecule has 0 amide bonds. The molecule has 0 saturated carbocycles. The van der Waals surface area contributed by atoms with Crippen LogP contribution in [0.1, 0.15) is 35.7 Å². The molecule has 5 nitrogen and oxygen atoms in total. The Hall–Kier alpha value is -1.27. The topological polar surface area (TPSA) is 64.0 Å². The number of rotatable bonds is 6. The number of hydrogen-bond donors (Lipinski definition) is 2. The van der Waals surface area contributed by atoms with Gasteiger partial charge in [-0.25, -0.2) is 0 Å². The van der Waals surface area contributed by atoms with Crippen LogP contribution in [-0.2, 0) is 6.54 Å². The first-order chi connectivity index (χ1) is 12.0. The molecule has 0 aliphatic carbocycles. The van der Waals surface area contributed by atoms with Gasteiger partial charge in [-0.3, -0.25) is 9.69 Å². The summed E-state index contributed by atoms with van der Waals surface area (Å²) in [5.74, 6) is 0.903. The molecule has 0 spiro atoms. The summed E-state index contributed by atoms with van der Waals surface area (Å²) in [6.07, 6.45) is 1.59.